The van der Waals surface area contributed by atoms with E-state index in [2.05, 4.69) is 10.2 Å². The maximum absolute atomic E-state index is 12.6. The van der Waals surface area contributed by atoms with Crippen LogP contribution in [-0.4, -0.2) is 89.0 Å². The highest BCUT2D eigenvalue weighted by Crippen LogP contribution is 2.27. The molecule has 41 heavy (non-hydrogen) atoms. The van der Waals surface area contributed by atoms with E-state index in [-0.39, 0.29) is 23.4 Å². The standard InChI is InChI=1S/C21H30ClN5O2.C9H10F2O/c1-14(28)25-8-5-18(6-9-25)27-12-17(13-27)24-16-2-3-19(20(22)10-16)21(29)26-7-4-15(23)11-26;1-9(2,12)6-3-7(10)5-8(11)4-6/h2-3,10,15,17-18,24H,4-9,11-13,23H2,1H3;3-5,12H,1-2H3. The third kappa shape index (κ3) is 8.16. The normalized spacial score (nSPS) is 20.3. The summed E-state index contributed by atoms with van der Waals surface area (Å²) in [5.41, 5.74) is 6.42. The molecule has 224 valence electrons. The summed E-state index contributed by atoms with van der Waals surface area (Å²) in [6.45, 7) is 9.60. The van der Waals surface area contributed by atoms with Gasteiger partial charge in [0.15, 0.2) is 0 Å². The lowest BCUT2D eigenvalue weighted by atomic mass is 9.97. The summed E-state index contributed by atoms with van der Waals surface area (Å²) in [6.07, 6.45) is 2.94. The second-order valence-electron chi connectivity index (χ2n) is 11.7. The Kier molecular flexibility index (Phi) is 9.89. The molecule has 0 spiro atoms. The second kappa shape index (κ2) is 13.0. The Hall–Kier alpha value is -2.79. The first-order chi connectivity index (χ1) is 19.3. The number of hydrogen-bond donors (Lipinski definition) is 3. The molecule has 0 bridgehead atoms. The lowest BCUT2D eigenvalue weighted by molar-refractivity contribution is -0.130. The molecular formula is C30H40ClF2N5O3. The first-order valence-corrected chi connectivity index (χ1v) is 14.5. The number of nitrogens with zero attached hydrogens (tertiary/aromatic N) is 3. The van der Waals surface area contributed by atoms with Crippen LogP contribution in [0.5, 0.6) is 0 Å². The Balaban J connectivity index is 0.000000271. The fourth-order valence-electron chi connectivity index (χ4n) is 5.51. The highest BCUT2D eigenvalue weighted by atomic mass is 35.5. The van der Waals surface area contributed by atoms with E-state index in [1.807, 2.05) is 23.1 Å². The van der Waals surface area contributed by atoms with Crippen molar-refractivity contribution in [2.24, 2.45) is 5.73 Å². The average Bonchev–Trinajstić information content (AvgIpc) is 3.31. The number of nitrogens with two attached hydrogens (primary N) is 1. The van der Waals surface area contributed by atoms with Gasteiger partial charge in [0.2, 0.25) is 5.91 Å². The van der Waals surface area contributed by atoms with Crippen molar-refractivity contribution in [2.45, 2.75) is 63.8 Å². The van der Waals surface area contributed by atoms with Crippen LogP contribution in [0.4, 0.5) is 14.5 Å². The van der Waals surface area contributed by atoms with E-state index in [0.717, 1.165) is 69.3 Å². The molecule has 0 radical (unpaired) electrons. The van der Waals surface area contributed by atoms with E-state index in [9.17, 15) is 23.5 Å². The van der Waals surface area contributed by atoms with Gasteiger partial charge in [-0.25, -0.2) is 8.78 Å². The van der Waals surface area contributed by atoms with Crippen LogP contribution in [0.1, 0.15) is 56.0 Å². The predicted molar refractivity (Wildman–Crippen MR) is 156 cm³/mol. The van der Waals surface area contributed by atoms with E-state index >= 15 is 0 Å². The molecule has 3 fully saturated rings. The molecule has 3 aliphatic rings. The molecule has 1 atom stereocenters. The molecule has 2 amide bonds. The number of piperidine rings is 1. The van der Waals surface area contributed by atoms with Gasteiger partial charge >= 0.3 is 0 Å². The zero-order valence-electron chi connectivity index (χ0n) is 23.9. The summed E-state index contributed by atoms with van der Waals surface area (Å²) in [6, 6.07) is 9.61. The SMILES string of the molecule is CC(=O)N1CCC(N2CC(Nc3ccc(C(=O)N4CCC(N)C4)c(Cl)c3)C2)CC1.CC(C)(O)c1cc(F)cc(F)c1. The zero-order valence-corrected chi connectivity index (χ0v) is 24.6. The number of aliphatic hydroxyl groups is 1. The van der Waals surface area contributed by atoms with Gasteiger partial charge in [0.25, 0.3) is 5.91 Å². The monoisotopic (exact) mass is 591 g/mol. The molecule has 4 N–H and O–H groups in total. The first kappa shape index (κ1) is 31.2. The van der Waals surface area contributed by atoms with E-state index in [1.54, 1.807) is 11.8 Å². The van der Waals surface area contributed by atoms with Gasteiger partial charge in [0, 0.05) is 70.0 Å². The van der Waals surface area contributed by atoms with Crippen molar-refractivity contribution in [1.82, 2.24) is 14.7 Å². The molecule has 1 unspecified atom stereocenters. The highest BCUT2D eigenvalue weighted by molar-refractivity contribution is 6.34. The van der Waals surface area contributed by atoms with Gasteiger partial charge in [0.1, 0.15) is 11.6 Å². The van der Waals surface area contributed by atoms with E-state index in [4.69, 9.17) is 17.3 Å². The number of halogens is 3. The number of amides is 2. The van der Waals surface area contributed by atoms with Crippen LogP contribution in [0.3, 0.4) is 0 Å². The average molecular weight is 592 g/mol. The molecule has 5 rings (SSSR count). The summed E-state index contributed by atoms with van der Waals surface area (Å²) in [5.74, 6) is -1.21. The van der Waals surface area contributed by atoms with Crippen LogP contribution < -0.4 is 11.1 Å². The molecule has 8 nitrogen and oxygen atoms in total. The Morgan fingerprint density at radius 2 is 1.59 bits per heavy atom. The van der Waals surface area contributed by atoms with Crippen LogP contribution in [0.15, 0.2) is 36.4 Å². The molecule has 3 heterocycles. The second-order valence-corrected chi connectivity index (χ2v) is 12.2. The number of rotatable bonds is 5. The fourth-order valence-corrected chi connectivity index (χ4v) is 5.77. The Morgan fingerprint density at radius 1 is 0.976 bits per heavy atom. The summed E-state index contributed by atoms with van der Waals surface area (Å²) < 4.78 is 25.2. The van der Waals surface area contributed by atoms with Crippen LogP contribution in [-0.2, 0) is 10.4 Å². The lowest BCUT2D eigenvalue weighted by Gasteiger charge is -2.47. The van der Waals surface area contributed by atoms with Gasteiger partial charge in [0.05, 0.1) is 22.2 Å². The van der Waals surface area contributed by atoms with Crippen LogP contribution >= 0.6 is 11.6 Å². The molecule has 11 heteroatoms. The van der Waals surface area contributed by atoms with Gasteiger partial charge in [-0.05, 0) is 69.0 Å². The van der Waals surface area contributed by atoms with Crippen LogP contribution in [0.25, 0.3) is 0 Å². The number of anilines is 1. The number of likely N-dealkylation sites (tertiary alicyclic amines) is 3. The van der Waals surface area contributed by atoms with Crippen LogP contribution in [0.2, 0.25) is 5.02 Å². The zero-order chi connectivity index (χ0) is 29.9. The van der Waals surface area contributed by atoms with Gasteiger partial charge in [-0.2, -0.15) is 0 Å². The molecule has 3 aliphatic heterocycles. The number of hydrogen-bond acceptors (Lipinski definition) is 6. The van der Waals surface area contributed by atoms with Crippen molar-refractivity contribution < 1.29 is 23.5 Å². The molecule has 0 aromatic heterocycles. The van der Waals surface area contributed by atoms with Gasteiger partial charge in [-0.3, -0.25) is 14.5 Å². The van der Waals surface area contributed by atoms with Gasteiger partial charge < -0.3 is 26.0 Å². The third-order valence-corrected chi connectivity index (χ3v) is 8.30. The molecule has 2 aromatic rings. The summed E-state index contributed by atoms with van der Waals surface area (Å²) >= 11 is 6.41. The number of carbonyl (C=O) groups excluding carboxylic acids is 2. The predicted octanol–water partition coefficient (Wildman–Crippen LogP) is 3.81. The number of carbonyl (C=O) groups is 2. The maximum atomic E-state index is 12.6. The largest absolute Gasteiger partial charge is 0.386 e. The molecule has 3 saturated heterocycles. The van der Waals surface area contributed by atoms with Crippen molar-refractivity contribution in [2.75, 3.05) is 44.6 Å². The quantitative estimate of drug-likeness (QED) is 0.489. The van der Waals surface area contributed by atoms with Crippen molar-refractivity contribution in [3.05, 3.63) is 64.2 Å². The molecule has 2 aromatic carbocycles. The lowest BCUT2D eigenvalue weighted by Crippen LogP contribution is -2.60. The van der Waals surface area contributed by atoms with Crippen molar-refractivity contribution >= 4 is 29.1 Å². The van der Waals surface area contributed by atoms with Crippen molar-refractivity contribution in [1.29, 1.82) is 0 Å². The van der Waals surface area contributed by atoms with Gasteiger partial charge in [-0.15, -0.1) is 0 Å². The van der Waals surface area contributed by atoms with E-state index in [0.29, 0.717) is 35.8 Å². The first-order valence-electron chi connectivity index (χ1n) is 14.1. The highest BCUT2D eigenvalue weighted by Gasteiger charge is 2.34. The van der Waals surface area contributed by atoms with E-state index in [1.165, 1.54) is 13.8 Å². The molecular weight excluding hydrogens is 552 g/mol. The summed E-state index contributed by atoms with van der Waals surface area (Å²) in [7, 11) is 0. The third-order valence-electron chi connectivity index (χ3n) is 7.99. The number of benzene rings is 2. The van der Waals surface area contributed by atoms with E-state index < -0.39 is 17.2 Å². The summed E-state index contributed by atoms with van der Waals surface area (Å²) in [5, 5.41) is 13.4. The minimum atomic E-state index is -1.21. The molecule has 0 aliphatic carbocycles. The molecule has 0 saturated carbocycles. The van der Waals surface area contributed by atoms with Crippen molar-refractivity contribution in [3.63, 3.8) is 0 Å². The summed E-state index contributed by atoms with van der Waals surface area (Å²) in [4.78, 5) is 30.3. The van der Waals surface area contributed by atoms with Crippen molar-refractivity contribution in [3.8, 4) is 0 Å². The minimum Gasteiger partial charge on any atom is -0.386 e. The number of nitrogens with one attached hydrogen (secondary N) is 1. The van der Waals surface area contributed by atoms with Gasteiger partial charge in [-0.1, -0.05) is 11.6 Å². The topological polar surface area (TPSA) is 102 Å². The fraction of sp³-hybridized carbons (Fsp3) is 0.533. The Morgan fingerprint density at radius 3 is 2.10 bits per heavy atom. The Labute approximate surface area is 245 Å². The Bertz CT molecular complexity index is 1220. The maximum Gasteiger partial charge on any atom is 0.255 e. The smallest absolute Gasteiger partial charge is 0.255 e. The minimum absolute atomic E-state index is 0.0405. The van der Waals surface area contributed by atoms with Crippen LogP contribution in [0, 0.1) is 11.6 Å².